The van der Waals surface area contributed by atoms with Gasteiger partial charge in [-0.05, 0) is 60.8 Å². The molecule has 36 heavy (non-hydrogen) atoms. The molecule has 192 valence electrons. The van der Waals surface area contributed by atoms with Crippen molar-refractivity contribution in [1.29, 1.82) is 0 Å². The van der Waals surface area contributed by atoms with Crippen LogP contribution >= 0.6 is 0 Å². The predicted octanol–water partition coefficient (Wildman–Crippen LogP) is 6.28. The molecule has 2 aliphatic rings. The summed E-state index contributed by atoms with van der Waals surface area (Å²) in [4.78, 5) is 10.9. The number of allylic oxidation sites excluding steroid dienone is 3. The van der Waals surface area contributed by atoms with Crippen molar-refractivity contribution >= 4 is 17.1 Å². The lowest BCUT2D eigenvalue weighted by molar-refractivity contribution is -0.126. The summed E-state index contributed by atoms with van der Waals surface area (Å²) < 4.78 is 0. The molecule has 2 aromatic rings. The van der Waals surface area contributed by atoms with E-state index in [2.05, 4.69) is 61.2 Å². The van der Waals surface area contributed by atoms with Crippen LogP contribution in [0.5, 0.6) is 0 Å². The van der Waals surface area contributed by atoms with Gasteiger partial charge in [0.25, 0.3) is 0 Å². The fourth-order valence-corrected chi connectivity index (χ4v) is 6.64. The van der Waals surface area contributed by atoms with E-state index < -0.39 is 12.0 Å². The van der Waals surface area contributed by atoms with Crippen molar-refractivity contribution in [2.24, 2.45) is 17.1 Å². The Kier molecular flexibility index (Phi) is 8.81. The third-order valence-corrected chi connectivity index (χ3v) is 8.46. The normalized spacial score (nSPS) is 24.1. The molecule has 4 N–H and O–H groups in total. The average Bonchev–Trinajstić information content (AvgIpc) is 3.40. The smallest absolute Gasteiger partial charge is 0.246 e. The average molecular weight is 488 g/mol. The van der Waals surface area contributed by atoms with Crippen LogP contribution in [-0.4, -0.2) is 28.3 Å². The molecular weight excluding hydrogens is 446 g/mol. The van der Waals surface area contributed by atoms with Crippen molar-refractivity contribution < 1.29 is 15.0 Å². The lowest BCUT2D eigenvalue weighted by atomic mass is 9.66. The Morgan fingerprint density at radius 3 is 2.25 bits per heavy atom. The predicted molar refractivity (Wildman–Crippen MR) is 147 cm³/mol. The second-order valence-corrected chi connectivity index (χ2v) is 10.7. The number of aliphatic hydroxyl groups excluding tert-OH is 2. The molecule has 0 bridgehead atoms. The lowest BCUT2D eigenvalue weighted by Crippen LogP contribution is -2.29. The molecule has 1 amide bonds. The van der Waals surface area contributed by atoms with Crippen molar-refractivity contribution in [1.82, 2.24) is 0 Å². The zero-order valence-electron chi connectivity index (χ0n) is 21.4. The van der Waals surface area contributed by atoms with Gasteiger partial charge in [-0.2, -0.15) is 0 Å². The summed E-state index contributed by atoms with van der Waals surface area (Å²) in [5.41, 5.74) is 11.4. The van der Waals surface area contributed by atoms with E-state index in [1.54, 1.807) is 0 Å². The van der Waals surface area contributed by atoms with Crippen molar-refractivity contribution in [2.75, 3.05) is 0 Å². The minimum Gasteiger partial charge on any atom is -0.393 e. The van der Waals surface area contributed by atoms with Gasteiger partial charge in [0.05, 0.1) is 6.10 Å². The number of nitrogens with two attached hydrogens (primary N) is 1. The van der Waals surface area contributed by atoms with Crippen molar-refractivity contribution in [2.45, 2.75) is 82.8 Å². The van der Waals surface area contributed by atoms with Crippen LogP contribution in [0.3, 0.4) is 0 Å². The number of hydrogen-bond donors (Lipinski definition) is 3. The van der Waals surface area contributed by atoms with Crippen molar-refractivity contribution in [3.05, 3.63) is 83.9 Å². The zero-order valence-corrected chi connectivity index (χ0v) is 21.4. The van der Waals surface area contributed by atoms with E-state index in [1.807, 2.05) is 6.07 Å². The molecular formula is C32H41NO3. The summed E-state index contributed by atoms with van der Waals surface area (Å²) >= 11 is 0. The zero-order chi connectivity index (χ0) is 25.5. The first-order valence-corrected chi connectivity index (χ1v) is 13.6. The first-order valence-electron chi connectivity index (χ1n) is 13.6. The second kappa shape index (κ2) is 12.0. The number of rotatable bonds is 13. The van der Waals surface area contributed by atoms with Crippen LogP contribution in [0.2, 0.25) is 0 Å². The monoisotopic (exact) mass is 487 g/mol. The molecule has 2 aliphatic carbocycles. The molecule has 1 saturated carbocycles. The Bertz CT molecular complexity index is 1060. The Morgan fingerprint density at radius 2 is 1.58 bits per heavy atom. The summed E-state index contributed by atoms with van der Waals surface area (Å²) in [6.07, 6.45) is 9.30. The summed E-state index contributed by atoms with van der Waals surface area (Å²) in [7, 11) is 0. The standard InChI is InChI=1S/C32H41NO3/c1-23(24-14-9-6-10-15-24)32-21-20-28(34)27(32)22-26(30(32)25-16-11-7-12-17-25)18-8-4-2-3-5-13-19-29(35)31(33)36/h6-7,9-12,14-17,27-29,34-35H,1-5,8,13,18-22H2,(H2,33,36). The van der Waals surface area contributed by atoms with Crippen LogP contribution in [0.25, 0.3) is 11.1 Å². The van der Waals surface area contributed by atoms with Gasteiger partial charge in [-0.25, -0.2) is 0 Å². The van der Waals surface area contributed by atoms with E-state index in [4.69, 9.17) is 5.73 Å². The molecule has 0 aromatic heterocycles. The largest absolute Gasteiger partial charge is 0.393 e. The highest BCUT2D eigenvalue weighted by atomic mass is 16.3. The van der Waals surface area contributed by atoms with Crippen molar-refractivity contribution in [3.63, 3.8) is 0 Å². The summed E-state index contributed by atoms with van der Waals surface area (Å²) in [5, 5.41) is 20.6. The number of primary amides is 1. The van der Waals surface area contributed by atoms with Crippen LogP contribution in [0.15, 0.2) is 72.8 Å². The molecule has 4 rings (SSSR count). The summed E-state index contributed by atoms with van der Waals surface area (Å²) in [6.45, 7) is 4.65. The third kappa shape index (κ3) is 5.50. The topological polar surface area (TPSA) is 83.6 Å². The van der Waals surface area contributed by atoms with Crippen LogP contribution in [0, 0.1) is 11.3 Å². The molecule has 0 saturated heterocycles. The van der Waals surface area contributed by atoms with E-state index in [-0.39, 0.29) is 17.4 Å². The molecule has 0 heterocycles. The first-order chi connectivity index (χ1) is 17.4. The highest BCUT2D eigenvalue weighted by molar-refractivity contribution is 5.90. The van der Waals surface area contributed by atoms with Gasteiger partial charge < -0.3 is 15.9 Å². The highest BCUT2D eigenvalue weighted by Crippen LogP contribution is 2.66. The number of hydrogen-bond acceptors (Lipinski definition) is 3. The molecule has 4 heteroatoms. The Hall–Kier alpha value is -2.69. The van der Waals surface area contributed by atoms with Gasteiger partial charge in [-0.3, -0.25) is 4.79 Å². The third-order valence-electron chi connectivity index (χ3n) is 8.46. The molecule has 0 spiro atoms. The highest BCUT2D eigenvalue weighted by Gasteiger charge is 2.56. The van der Waals surface area contributed by atoms with Gasteiger partial charge in [0.15, 0.2) is 0 Å². The number of carbonyl (C=O) groups is 1. The van der Waals surface area contributed by atoms with E-state index in [9.17, 15) is 15.0 Å². The van der Waals surface area contributed by atoms with E-state index >= 15 is 0 Å². The maximum Gasteiger partial charge on any atom is 0.246 e. The Balaban J connectivity index is 1.47. The van der Waals surface area contributed by atoms with Gasteiger partial charge in [-0.15, -0.1) is 0 Å². The molecule has 0 aliphatic heterocycles. The molecule has 4 atom stereocenters. The Morgan fingerprint density at radius 1 is 0.972 bits per heavy atom. The molecule has 2 aromatic carbocycles. The lowest BCUT2D eigenvalue weighted by Gasteiger charge is -2.37. The van der Waals surface area contributed by atoms with Gasteiger partial charge >= 0.3 is 0 Å². The number of fused-ring (bicyclic) bond motifs is 1. The minimum absolute atomic E-state index is 0.187. The summed E-state index contributed by atoms with van der Waals surface area (Å²) in [5.74, 6) is -0.441. The summed E-state index contributed by atoms with van der Waals surface area (Å²) in [6, 6.07) is 21.3. The number of carbonyl (C=O) groups excluding carboxylic acids is 1. The van der Waals surface area contributed by atoms with Gasteiger partial charge in [-0.1, -0.05) is 105 Å². The maximum atomic E-state index is 11.1. The fourth-order valence-electron chi connectivity index (χ4n) is 6.64. The van der Waals surface area contributed by atoms with E-state index in [0.717, 1.165) is 69.8 Å². The number of aliphatic hydroxyl groups is 2. The van der Waals surface area contributed by atoms with Crippen LogP contribution < -0.4 is 5.73 Å². The van der Waals surface area contributed by atoms with Crippen molar-refractivity contribution in [3.8, 4) is 0 Å². The molecule has 0 radical (unpaired) electrons. The molecule has 1 fully saturated rings. The van der Waals surface area contributed by atoms with Crippen LogP contribution in [0.4, 0.5) is 0 Å². The number of unbranched alkanes of at least 4 members (excludes halogenated alkanes) is 5. The van der Waals surface area contributed by atoms with Gasteiger partial charge in [0.1, 0.15) is 6.10 Å². The first kappa shape index (κ1) is 26.4. The Labute approximate surface area is 215 Å². The fraction of sp³-hybridized carbons (Fsp3) is 0.469. The SMILES string of the molecule is C=C(c1ccccc1)C12CCC(O)C1CC(CCCCCCCCC(O)C(N)=O)=C2c1ccccc1. The van der Waals surface area contributed by atoms with E-state index in [0.29, 0.717) is 6.42 Å². The maximum absolute atomic E-state index is 11.1. The van der Waals surface area contributed by atoms with Gasteiger partial charge in [0.2, 0.25) is 5.91 Å². The number of amides is 1. The van der Waals surface area contributed by atoms with Crippen LogP contribution in [-0.2, 0) is 4.79 Å². The second-order valence-electron chi connectivity index (χ2n) is 10.7. The van der Waals surface area contributed by atoms with E-state index in [1.165, 1.54) is 22.3 Å². The quantitative estimate of drug-likeness (QED) is 0.291. The van der Waals surface area contributed by atoms with Crippen LogP contribution in [0.1, 0.15) is 81.8 Å². The number of benzene rings is 2. The molecule has 4 nitrogen and oxygen atoms in total. The minimum atomic E-state index is -1.01. The molecule has 4 unspecified atom stereocenters. The van der Waals surface area contributed by atoms with Gasteiger partial charge in [0, 0.05) is 11.3 Å².